The number of rotatable bonds is 6. The molecule has 3 heterocycles. The number of amides is 1. The second-order valence-electron chi connectivity index (χ2n) is 6.97. The largest absolute Gasteiger partial charge is 0.317 e. The summed E-state index contributed by atoms with van der Waals surface area (Å²) in [7, 11) is 0. The van der Waals surface area contributed by atoms with Crippen molar-refractivity contribution in [2.45, 2.75) is 27.1 Å². The van der Waals surface area contributed by atoms with E-state index in [1.165, 1.54) is 12.1 Å². The lowest BCUT2D eigenvalue weighted by Crippen LogP contribution is -2.16. The van der Waals surface area contributed by atoms with Gasteiger partial charge in [-0.05, 0) is 53.5 Å². The quantitative estimate of drug-likeness (QED) is 0.424. The van der Waals surface area contributed by atoms with Gasteiger partial charge in [0.05, 0.1) is 34.3 Å². The Morgan fingerprint density at radius 3 is 2.74 bits per heavy atom. The smallest absolute Gasteiger partial charge is 0.276 e. The summed E-state index contributed by atoms with van der Waals surface area (Å²) < 4.78 is 19.2. The van der Waals surface area contributed by atoms with E-state index in [0.717, 1.165) is 15.7 Å². The van der Waals surface area contributed by atoms with Crippen LogP contribution in [0.5, 0.6) is 0 Å². The molecule has 0 atom stereocenters. The molecule has 0 unspecified atom stereocenters. The first-order valence-corrected chi connectivity index (χ1v) is 10.5. The Morgan fingerprint density at radius 2 is 2.03 bits per heavy atom. The maximum Gasteiger partial charge on any atom is 0.276 e. The van der Waals surface area contributed by atoms with Gasteiger partial charge >= 0.3 is 0 Å². The highest BCUT2D eigenvalue weighted by Crippen LogP contribution is 2.24. The van der Waals surface area contributed by atoms with Crippen LogP contribution in [0.1, 0.15) is 27.4 Å². The topological polar surface area (TPSA) is 82.6 Å². The molecule has 0 spiro atoms. The molecule has 0 aliphatic heterocycles. The molecule has 0 aliphatic carbocycles. The third kappa shape index (κ3) is 4.70. The normalized spacial score (nSPS) is 11.1. The van der Waals surface area contributed by atoms with Gasteiger partial charge in [-0.3, -0.25) is 14.2 Å². The molecule has 0 saturated heterocycles. The van der Waals surface area contributed by atoms with Crippen LogP contribution in [0.25, 0.3) is 0 Å². The molecular formula is C20H18BrClFN7O. The van der Waals surface area contributed by atoms with E-state index in [2.05, 4.69) is 36.5 Å². The zero-order valence-corrected chi connectivity index (χ0v) is 19.0. The van der Waals surface area contributed by atoms with Crippen LogP contribution in [0.15, 0.2) is 47.3 Å². The number of hydrogen-bond donors (Lipinski definition) is 1. The van der Waals surface area contributed by atoms with Gasteiger partial charge in [-0.25, -0.2) is 9.07 Å². The Morgan fingerprint density at radius 1 is 1.23 bits per heavy atom. The molecule has 1 aromatic carbocycles. The Labute approximate surface area is 190 Å². The molecule has 160 valence electrons. The van der Waals surface area contributed by atoms with Crippen LogP contribution >= 0.6 is 27.5 Å². The van der Waals surface area contributed by atoms with E-state index in [0.29, 0.717) is 29.6 Å². The maximum atomic E-state index is 13.3. The van der Waals surface area contributed by atoms with Crippen molar-refractivity contribution in [1.29, 1.82) is 0 Å². The number of benzene rings is 1. The van der Waals surface area contributed by atoms with Gasteiger partial charge in [0, 0.05) is 17.4 Å². The summed E-state index contributed by atoms with van der Waals surface area (Å²) in [5.41, 5.74) is 3.03. The number of halogens is 3. The van der Waals surface area contributed by atoms with Gasteiger partial charge in [0.25, 0.3) is 5.91 Å². The van der Waals surface area contributed by atoms with Crippen LogP contribution < -0.4 is 5.32 Å². The lowest BCUT2D eigenvalue weighted by atomic mass is 10.2. The second-order valence-corrected chi connectivity index (χ2v) is 8.30. The minimum Gasteiger partial charge on any atom is -0.317 e. The average Bonchev–Trinajstić information content (AvgIpc) is 3.41. The first-order chi connectivity index (χ1) is 14.8. The number of nitrogens with zero attached hydrogens (tertiary/aromatic N) is 6. The molecule has 4 aromatic rings. The van der Waals surface area contributed by atoms with Crippen LogP contribution in [0.3, 0.4) is 0 Å². The van der Waals surface area contributed by atoms with Crippen molar-refractivity contribution in [3.05, 3.63) is 80.8 Å². The molecule has 31 heavy (non-hydrogen) atoms. The van der Waals surface area contributed by atoms with Gasteiger partial charge in [0.15, 0.2) is 5.69 Å². The molecule has 4 rings (SSSR count). The van der Waals surface area contributed by atoms with Crippen molar-refractivity contribution >= 4 is 39.1 Å². The zero-order chi connectivity index (χ0) is 22.1. The summed E-state index contributed by atoms with van der Waals surface area (Å²) in [6.07, 6.45) is 5.21. The van der Waals surface area contributed by atoms with E-state index >= 15 is 0 Å². The first-order valence-electron chi connectivity index (χ1n) is 9.31. The number of anilines is 1. The molecule has 0 fully saturated rings. The van der Waals surface area contributed by atoms with Gasteiger partial charge in [0.2, 0.25) is 0 Å². The Bertz CT molecular complexity index is 1260. The van der Waals surface area contributed by atoms with Gasteiger partial charge in [-0.1, -0.05) is 17.7 Å². The number of nitrogens with one attached hydrogen (secondary N) is 1. The standard InChI is InChI=1S/C20H18BrClFN7O/c1-12-19(13(2)30(26-12)9-14-3-4-16(23)7-17(14)22)25-20(31)18-5-6-28(27-18)11-29-10-15(21)8-24-29/h3-8,10H,9,11H2,1-2H3,(H,25,31). The van der Waals surface area contributed by atoms with Crippen molar-refractivity contribution < 1.29 is 9.18 Å². The van der Waals surface area contributed by atoms with E-state index in [1.807, 2.05) is 13.1 Å². The minimum absolute atomic E-state index is 0.277. The fourth-order valence-corrected chi connectivity index (χ4v) is 3.70. The number of aryl methyl sites for hydroxylation is 1. The number of carbonyl (C=O) groups excluding carboxylic acids is 1. The Hall–Kier alpha value is -2.98. The summed E-state index contributed by atoms with van der Waals surface area (Å²) in [6.45, 7) is 4.39. The summed E-state index contributed by atoms with van der Waals surface area (Å²) >= 11 is 9.48. The van der Waals surface area contributed by atoms with E-state index in [4.69, 9.17) is 11.6 Å². The van der Waals surface area contributed by atoms with Gasteiger partial charge in [0.1, 0.15) is 12.5 Å². The summed E-state index contributed by atoms with van der Waals surface area (Å²) in [6, 6.07) is 5.88. The molecule has 1 N–H and O–H groups in total. The average molecular weight is 507 g/mol. The summed E-state index contributed by atoms with van der Waals surface area (Å²) in [5, 5.41) is 16.2. The SMILES string of the molecule is Cc1nn(Cc2ccc(F)cc2Cl)c(C)c1NC(=O)c1ccn(Cn2cc(Br)cn2)n1. The number of hydrogen-bond acceptors (Lipinski definition) is 4. The molecule has 0 saturated carbocycles. The minimum atomic E-state index is -0.394. The number of carbonyl (C=O) groups is 1. The van der Waals surface area contributed by atoms with Crippen LogP contribution in [0.4, 0.5) is 10.1 Å². The zero-order valence-electron chi connectivity index (χ0n) is 16.7. The molecule has 3 aromatic heterocycles. The summed E-state index contributed by atoms with van der Waals surface area (Å²) in [5.74, 6) is -0.736. The van der Waals surface area contributed by atoms with Gasteiger partial charge < -0.3 is 5.32 Å². The lowest BCUT2D eigenvalue weighted by molar-refractivity contribution is 0.102. The van der Waals surface area contributed by atoms with Gasteiger partial charge in [-0.2, -0.15) is 15.3 Å². The van der Waals surface area contributed by atoms with Crippen molar-refractivity contribution in [2.75, 3.05) is 5.32 Å². The predicted octanol–water partition coefficient (Wildman–Crippen LogP) is 4.25. The number of aromatic nitrogens is 6. The van der Waals surface area contributed by atoms with Crippen molar-refractivity contribution in [3.63, 3.8) is 0 Å². The van der Waals surface area contributed by atoms with E-state index in [1.54, 1.807) is 45.5 Å². The highest BCUT2D eigenvalue weighted by molar-refractivity contribution is 9.10. The molecule has 11 heteroatoms. The lowest BCUT2D eigenvalue weighted by Gasteiger charge is -2.08. The van der Waals surface area contributed by atoms with E-state index in [-0.39, 0.29) is 11.6 Å². The second kappa shape index (κ2) is 8.64. The van der Waals surface area contributed by atoms with Gasteiger partial charge in [-0.15, -0.1) is 0 Å². The first kappa shape index (κ1) is 21.3. The molecule has 1 amide bonds. The summed E-state index contributed by atoms with van der Waals surface area (Å²) in [4.78, 5) is 12.7. The molecule has 0 radical (unpaired) electrons. The molecule has 8 nitrogen and oxygen atoms in total. The Balaban J connectivity index is 1.48. The van der Waals surface area contributed by atoms with E-state index < -0.39 is 5.82 Å². The highest BCUT2D eigenvalue weighted by Gasteiger charge is 2.18. The fraction of sp³-hybridized carbons (Fsp3) is 0.200. The predicted molar refractivity (Wildman–Crippen MR) is 118 cm³/mol. The van der Waals surface area contributed by atoms with Crippen LogP contribution in [-0.4, -0.2) is 35.2 Å². The molecule has 0 aliphatic rings. The third-order valence-corrected chi connectivity index (χ3v) is 5.48. The van der Waals surface area contributed by atoms with Crippen LogP contribution in [0.2, 0.25) is 5.02 Å². The fourth-order valence-electron chi connectivity index (χ4n) is 3.15. The van der Waals surface area contributed by atoms with Crippen LogP contribution in [0, 0.1) is 19.7 Å². The van der Waals surface area contributed by atoms with Crippen LogP contribution in [-0.2, 0) is 13.2 Å². The van der Waals surface area contributed by atoms with Crippen molar-refractivity contribution in [3.8, 4) is 0 Å². The van der Waals surface area contributed by atoms with Crippen molar-refractivity contribution in [2.24, 2.45) is 0 Å². The molecule has 0 bridgehead atoms. The maximum absolute atomic E-state index is 13.3. The third-order valence-electron chi connectivity index (χ3n) is 4.72. The van der Waals surface area contributed by atoms with E-state index in [9.17, 15) is 9.18 Å². The monoisotopic (exact) mass is 505 g/mol. The van der Waals surface area contributed by atoms with Crippen molar-refractivity contribution in [1.82, 2.24) is 29.3 Å². The highest BCUT2D eigenvalue weighted by atomic mass is 79.9. The molecular weight excluding hydrogens is 489 g/mol. The Kier molecular flexibility index (Phi) is 5.92.